The van der Waals surface area contributed by atoms with Crippen molar-refractivity contribution in [2.75, 3.05) is 19.9 Å². The molecule has 1 unspecified atom stereocenters. The van der Waals surface area contributed by atoms with E-state index in [1.54, 1.807) is 0 Å². The summed E-state index contributed by atoms with van der Waals surface area (Å²) in [4.78, 5) is 0. The van der Waals surface area contributed by atoms with Crippen LogP contribution in [0.25, 0.3) is 0 Å². The Labute approximate surface area is 56.4 Å². The van der Waals surface area contributed by atoms with E-state index in [0.717, 1.165) is 13.0 Å². The highest BCUT2D eigenvalue weighted by molar-refractivity contribution is 7.63. The van der Waals surface area contributed by atoms with E-state index in [9.17, 15) is 4.57 Å². The largest absolute Gasteiger partial charge is 0.323 e. The summed E-state index contributed by atoms with van der Waals surface area (Å²) in [5.41, 5.74) is 0. The third kappa shape index (κ3) is 1.80. The Hall–Kier alpha value is 0.190. The number of hydrogen-bond acceptors (Lipinski definition) is 2. The second-order valence-corrected chi connectivity index (χ2v) is 6.54. The molecule has 9 heavy (non-hydrogen) atoms. The van der Waals surface area contributed by atoms with Gasteiger partial charge in [-0.1, -0.05) is 0 Å². The second-order valence-electron chi connectivity index (χ2n) is 3.05. The van der Waals surface area contributed by atoms with Crippen molar-refractivity contribution in [1.82, 2.24) is 5.32 Å². The number of rotatable bonds is 1. The molecule has 3 heteroatoms. The molecule has 1 rings (SSSR count). The van der Waals surface area contributed by atoms with Crippen molar-refractivity contribution in [3.8, 4) is 0 Å². The van der Waals surface area contributed by atoms with Crippen LogP contribution >= 0.6 is 7.14 Å². The quantitative estimate of drug-likeness (QED) is 0.567. The van der Waals surface area contributed by atoms with E-state index in [0.29, 0.717) is 5.78 Å². The highest BCUT2D eigenvalue weighted by Crippen LogP contribution is 2.44. The molecular formula is C6H14NOP. The van der Waals surface area contributed by atoms with Crippen LogP contribution in [-0.2, 0) is 4.57 Å². The summed E-state index contributed by atoms with van der Waals surface area (Å²) in [6, 6.07) is 0. The van der Waals surface area contributed by atoms with Gasteiger partial charge >= 0.3 is 0 Å². The van der Waals surface area contributed by atoms with Crippen molar-refractivity contribution >= 4 is 7.14 Å². The van der Waals surface area contributed by atoms with Gasteiger partial charge in [-0.2, -0.15) is 0 Å². The van der Waals surface area contributed by atoms with Crippen molar-refractivity contribution < 1.29 is 4.57 Å². The van der Waals surface area contributed by atoms with Gasteiger partial charge in [-0.05, 0) is 32.7 Å². The van der Waals surface area contributed by atoms with Gasteiger partial charge < -0.3 is 9.88 Å². The first kappa shape index (κ1) is 7.30. The number of hydrogen-bond donors (Lipinski definition) is 1. The minimum absolute atomic E-state index is 0.317. The van der Waals surface area contributed by atoms with Crippen molar-refractivity contribution in [2.45, 2.75) is 18.6 Å². The Bertz CT molecular complexity index is 134. The fraction of sp³-hybridized carbons (Fsp3) is 1.00. The number of nitrogens with one attached hydrogen (secondary N) is 1. The second kappa shape index (κ2) is 2.43. The lowest BCUT2D eigenvalue weighted by atomic mass is 10.4. The van der Waals surface area contributed by atoms with Gasteiger partial charge in [0.2, 0.25) is 0 Å². The summed E-state index contributed by atoms with van der Waals surface area (Å²) in [5.74, 6) is 0.317. The minimum Gasteiger partial charge on any atom is -0.323 e. The Kier molecular flexibility index (Phi) is 1.97. The molecular weight excluding hydrogens is 133 g/mol. The van der Waals surface area contributed by atoms with E-state index in [1.807, 2.05) is 13.3 Å². The van der Waals surface area contributed by atoms with Crippen LogP contribution in [0.1, 0.15) is 12.8 Å². The van der Waals surface area contributed by atoms with Crippen LogP contribution in [-0.4, -0.2) is 25.7 Å². The molecule has 0 aromatic rings. The van der Waals surface area contributed by atoms with Gasteiger partial charge in [0.05, 0.1) is 12.9 Å². The lowest BCUT2D eigenvalue weighted by molar-refractivity contribution is 0.566. The molecule has 2 nitrogen and oxygen atoms in total. The van der Waals surface area contributed by atoms with Gasteiger partial charge in [0.25, 0.3) is 0 Å². The SMILES string of the molecule is CP(C)(=O)C1CCCN1. The highest BCUT2D eigenvalue weighted by Gasteiger charge is 2.25. The summed E-state index contributed by atoms with van der Waals surface area (Å²) in [7, 11) is -1.82. The molecule has 1 aliphatic heterocycles. The van der Waals surface area contributed by atoms with Crippen LogP contribution in [0.2, 0.25) is 0 Å². The maximum atomic E-state index is 11.4. The molecule has 1 N–H and O–H groups in total. The van der Waals surface area contributed by atoms with E-state index in [1.165, 1.54) is 6.42 Å². The molecule has 1 heterocycles. The zero-order chi connectivity index (χ0) is 6.91. The molecule has 0 aromatic carbocycles. The summed E-state index contributed by atoms with van der Waals surface area (Å²) < 4.78 is 11.4. The molecule has 0 radical (unpaired) electrons. The molecule has 0 amide bonds. The zero-order valence-electron chi connectivity index (χ0n) is 6.05. The Morgan fingerprint density at radius 2 is 2.22 bits per heavy atom. The predicted molar refractivity (Wildman–Crippen MR) is 40.5 cm³/mol. The van der Waals surface area contributed by atoms with Gasteiger partial charge in [0.1, 0.15) is 0 Å². The Balaban J connectivity index is 2.52. The molecule has 0 spiro atoms. The van der Waals surface area contributed by atoms with Crippen LogP contribution in [0.4, 0.5) is 0 Å². The summed E-state index contributed by atoms with van der Waals surface area (Å²) in [6.45, 7) is 4.77. The lowest BCUT2D eigenvalue weighted by Gasteiger charge is -2.14. The van der Waals surface area contributed by atoms with E-state index in [-0.39, 0.29) is 0 Å². The molecule has 0 aromatic heterocycles. The fourth-order valence-electron chi connectivity index (χ4n) is 1.20. The Morgan fingerprint density at radius 1 is 1.56 bits per heavy atom. The first-order valence-electron chi connectivity index (χ1n) is 3.39. The lowest BCUT2D eigenvalue weighted by Crippen LogP contribution is -2.20. The first-order chi connectivity index (χ1) is 4.11. The monoisotopic (exact) mass is 147 g/mol. The Morgan fingerprint density at radius 3 is 2.44 bits per heavy atom. The fourth-order valence-corrected chi connectivity index (χ4v) is 2.57. The summed E-state index contributed by atoms with van der Waals surface area (Å²) >= 11 is 0. The molecule has 0 saturated carbocycles. The van der Waals surface area contributed by atoms with Crippen LogP contribution in [0.5, 0.6) is 0 Å². The average molecular weight is 147 g/mol. The van der Waals surface area contributed by atoms with Crippen molar-refractivity contribution in [3.63, 3.8) is 0 Å². The molecule has 1 saturated heterocycles. The molecule has 1 atom stereocenters. The highest BCUT2D eigenvalue weighted by atomic mass is 31.2. The molecule has 0 aliphatic carbocycles. The van der Waals surface area contributed by atoms with E-state index >= 15 is 0 Å². The van der Waals surface area contributed by atoms with E-state index in [4.69, 9.17) is 0 Å². The standard InChI is InChI=1S/C6H14NOP/c1-9(2,8)6-4-3-5-7-6/h6-7H,3-5H2,1-2H3. The molecule has 1 fully saturated rings. The zero-order valence-corrected chi connectivity index (χ0v) is 6.95. The topological polar surface area (TPSA) is 29.1 Å². The molecule has 0 bridgehead atoms. The maximum Gasteiger partial charge on any atom is 0.0979 e. The first-order valence-corrected chi connectivity index (χ1v) is 6.06. The van der Waals surface area contributed by atoms with Gasteiger partial charge in [-0.25, -0.2) is 0 Å². The molecule has 1 aliphatic rings. The third-order valence-electron chi connectivity index (χ3n) is 1.78. The van der Waals surface area contributed by atoms with E-state index in [2.05, 4.69) is 5.32 Å². The van der Waals surface area contributed by atoms with Crippen molar-refractivity contribution in [2.24, 2.45) is 0 Å². The van der Waals surface area contributed by atoms with Gasteiger partial charge in [-0.3, -0.25) is 0 Å². The van der Waals surface area contributed by atoms with Crippen LogP contribution < -0.4 is 5.32 Å². The van der Waals surface area contributed by atoms with Crippen LogP contribution in [0.15, 0.2) is 0 Å². The smallest absolute Gasteiger partial charge is 0.0979 e. The van der Waals surface area contributed by atoms with Gasteiger partial charge in [-0.15, -0.1) is 0 Å². The minimum atomic E-state index is -1.82. The van der Waals surface area contributed by atoms with Crippen molar-refractivity contribution in [1.29, 1.82) is 0 Å². The van der Waals surface area contributed by atoms with Crippen molar-refractivity contribution in [3.05, 3.63) is 0 Å². The molecule has 54 valence electrons. The summed E-state index contributed by atoms with van der Waals surface area (Å²) in [5, 5.41) is 3.23. The normalized spacial score (nSPS) is 28.9. The summed E-state index contributed by atoms with van der Waals surface area (Å²) in [6.07, 6.45) is 2.29. The predicted octanol–water partition coefficient (Wildman–Crippen LogP) is 1.32. The van der Waals surface area contributed by atoms with Crippen LogP contribution in [0.3, 0.4) is 0 Å². The maximum absolute atomic E-state index is 11.4. The van der Waals surface area contributed by atoms with Gasteiger partial charge in [0, 0.05) is 0 Å². The van der Waals surface area contributed by atoms with Gasteiger partial charge in [0.15, 0.2) is 0 Å². The average Bonchev–Trinajstić information content (AvgIpc) is 2.08. The van der Waals surface area contributed by atoms with E-state index < -0.39 is 7.14 Å². The van der Waals surface area contributed by atoms with Crippen LogP contribution in [0, 0.1) is 0 Å². The third-order valence-corrected chi connectivity index (χ3v) is 3.73.